The Morgan fingerprint density at radius 1 is 1.35 bits per heavy atom. The van der Waals surface area contributed by atoms with Crippen LogP contribution in [0.5, 0.6) is 0 Å². The van der Waals surface area contributed by atoms with E-state index in [9.17, 15) is 5.11 Å². The molecule has 1 spiro atoms. The largest absolute Gasteiger partial charge is 0.362 e. The van der Waals surface area contributed by atoms with Crippen LogP contribution in [0.2, 0.25) is 0 Å². The Balaban J connectivity index is 2.19. The summed E-state index contributed by atoms with van der Waals surface area (Å²) in [5.74, 6) is -0.485. The quantitative estimate of drug-likeness (QED) is 0.651. The third-order valence-electron chi connectivity index (χ3n) is 5.02. The molecule has 0 aromatic heterocycles. The molecule has 94 valence electrons. The summed E-state index contributed by atoms with van der Waals surface area (Å²) in [5, 5.41) is 10.8. The van der Waals surface area contributed by atoms with Gasteiger partial charge in [0.05, 0.1) is 5.60 Å². The third-order valence-corrected chi connectivity index (χ3v) is 5.02. The fourth-order valence-electron chi connectivity index (χ4n) is 4.10. The number of ether oxygens (including phenoxy) is 1. The summed E-state index contributed by atoms with van der Waals surface area (Å²) in [7, 11) is 0. The van der Waals surface area contributed by atoms with E-state index >= 15 is 0 Å². The van der Waals surface area contributed by atoms with Crippen molar-refractivity contribution in [2.75, 3.05) is 0 Å². The van der Waals surface area contributed by atoms with Crippen molar-refractivity contribution in [3.05, 3.63) is 22.3 Å². The minimum atomic E-state index is -1.01. The second-order valence-corrected chi connectivity index (χ2v) is 6.31. The van der Waals surface area contributed by atoms with Gasteiger partial charge in [-0.25, -0.2) is 0 Å². The van der Waals surface area contributed by atoms with Crippen molar-refractivity contribution in [3.8, 4) is 0 Å². The van der Waals surface area contributed by atoms with Crippen LogP contribution < -0.4 is 0 Å². The van der Waals surface area contributed by atoms with Gasteiger partial charge in [-0.15, -0.1) is 0 Å². The van der Waals surface area contributed by atoms with Crippen LogP contribution in [0.15, 0.2) is 22.3 Å². The van der Waals surface area contributed by atoms with Crippen LogP contribution in [-0.2, 0) is 4.74 Å². The fourth-order valence-corrected chi connectivity index (χ4v) is 4.10. The van der Waals surface area contributed by atoms with Gasteiger partial charge in [0.25, 0.3) is 0 Å². The highest BCUT2D eigenvalue weighted by molar-refractivity contribution is 5.43. The summed E-state index contributed by atoms with van der Waals surface area (Å²) in [6.07, 6.45) is 3.91. The summed E-state index contributed by atoms with van der Waals surface area (Å²) in [6, 6.07) is 0. The molecule has 0 aromatic rings. The number of hydrogen-bond donors (Lipinski definition) is 1. The number of aliphatic hydroxyl groups is 1. The van der Waals surface area contributed by atoms with Crippen LogP contribution in [-0.4, -0.2) is 16.5 Å². The number of rotatable bonds is 0. The van der Waals surface area contributed by atoms with E-state index in [4.69, 9.17) is 4.74 Å². The van der Waals surface area contributed by atoms with Crippen molar-refractivity contribution in [1.82, 2.24) is 0 Å². The van der Waals surface area contributed by atoms with E-state index < -0.39 is 5.79 Å². The Labute approximate surface area is 103 Å². The highest BCUT2D eigenvalue weighted by Crippen LogP contribution is 2.60. The summed E-state index contributed by atoms with van der Waals surface area (Å²) in [6.45, 7) is 8.61. The van der Waals surface area contributed by atoms with Crippen LogP contribution in [0.1, 0.15) is 53.4 Å². The van der Waals surface area contributed by atoms with Crippen LogP contribution >= 0.6 is 0 Å². The van der Waals surface area contributed by atoms with Crippen LogP contribution in [0, 0.1) is 5.92 Å². The van der Waals surface area contributed by atoms with Crippen LogP contribution in [0.3, 0.4) is 0 Å². The van der Waals surface area contributed by atoms with Crippen molar-refractivity contribution >= 4 is 0 Å². The predicted octanol–water partition coefficient (Wildman–Crippen LogP) is 3.32. The maximum absolute atomic E-state index is 10.8. The number of fused-ring (bicyclic) bond motifs is 1. The number of hydrogen-bond acceptors (Lipinski definition) is 2. The van der Waals surface area contributed by atoms with Gasteiger partial charge in [0.1, 0.15) is 0 Å². The summed E-state index contributed by atoms with van der Waals surface area (Å²) in [5.41, 5.74) is 5.01. The Hall–Kier alpha value is -0.600. The molecule has 3 rings (SSSR count). The first-order valence-corrected chi connectivity index (χ1v) is 6.67. The van der Waals surface area contributed by atoms with E-state index in [2.05, 4.69) is 27.7 Å². The molecule has 3 unspecified atom stereocenters. The molecule has 2 heterocycles. The van der Waals surface area contributed by atoms with Gasteiger partial charge in [0.15, 0.2) is 5.79 Å². The molecular weight excluding hydrogens is 212 g/mol. The second kappa shape index (κ2) is 3.24. The first kappa shape index (κ1) is 11.5. The van der Waals surface area contributed by atoms with Gasteiger partial charge in [0, 0.05) is 12.8 Å². The average molecular weight is 234 g/mol. The SMILES string of the molecule is CC(C)=C1CC23OC1(O)CC(C)=C2CCC3C. The van der Waals surface area contributed by atoms with Gasteiger partial charge < -0.3 is 9.84 Å². The van der Waals surface area contributed by atoms with Crippen molar-refractivity contribution in [1.29, 1.82) is 0 Å². The lowest BCUT2D eigenvalue weighted by Crippen LogP contribution is -2.43. The molecule has 2 bridgehead atoms. The molecule has 1 aliphatic carbocycles. The molecule has 1 N–H and O–H groups in total. The van der Waals surface area contributed by atoms with Gasteiger partial charge >= 0.3 is 0 Å². The van der Waals surface area contributed by atoms with E-state index in [1.807, 2.05) is 0 Å². The summed E-state index contributed by atoms with van der Waals surface area (Å²) < 4.78 is 6.19. The molecule has 0 aromatic carbocycles. The molecule has 2 aliphatic heterocycles. The zero-order valence-corrected chi connectivity index (χ0v) is 11.3. The van der Waals surface area contributed by atoms with Gasteiger partial charge in [-0.3, -0.25) is 0 Å². The minimum absolute atomic E-state index is 0.177. The van der Waals surface area contributed by atoms with Crippen molar-refractivity contribution in [2.24, 2.45) is 5.92 Å². The normalized spacial score (nSPS) is 44.3. The zero-order chi connectivity index (χ0) is 12.4. The lowest BCUT2D eigenvalue weighted by Gasteiger charge is -2.38. The highest BCUT2D eigenvalue weighted by atomic mass is 16.6. The summed E-state index contributed by atoms with van der Waals surface area (Å²) in [4.78, 5) is 0. The van der Waals surface area contributed by atoms with E-state index in [0.717, 1.165) is 18.4 Å². The molecule has 1 saturated carbocycles. The van der Waals surface area contributed by atoms with Crippen LogP contribution in [0.4, 0.5) is 0 Å². The molecule has 2 fully saturated rings. The molecule has 17 heavy (non-hydrogen) atoms. The van der Waals surface area contributed by atoms with Crippen molar-refractivity contribution in [2.45, 2.75) is 64.8 Å². The molecule has 1 saturated heterocycles. The highest BCUT2D eigenvalue weighted by Gasteiger charge is 2.61. The van der Waals surface area contributed by atoms with E-state index in [1.54, 1.807) is 0 Å². The maximum Gasteiger partial charge on any atom is 0.193 e. The number of allylic oxidation sites excluding steroid dienone is 1. The molecule has 2 nitrogen and oxygen atoms in total. The predicted molar refractivity (Wildman–Crippen MR) is 67.5 cm³/mol. The lowest BCUT2D eigenvalue weighted by atomic mass is 9.84. The molecule has 0 radical (unpaired) electrons. The lowest BCUT2D eigenvalue weighted by molar-refractivity contribution is -0.213. The van der Waals surface area contributed by atoms with Crippen molar-refractivity contribution < 1.29 is 9.84 Å². The molecular formula is C15H22O2. The van der Waals surface area contributed by atoms with Crippen LogP contribution in [0.25, 0.3) is 0 Å². The first-order valence-electron chi connectivity index (χ1n) is 6.67. The molecule has 2 heteroatoms. The first-order chi connectivity index (χ1) is 7.89. The van der Waals surface area contributed by atoms with E-state index in [1.165, 1.54) is 23.1 Å². The molecule has 0 amide bonds. The smallest absolute Gasteiger partial charge is 0.193 e. The average Bonchev–Trinajstić information content (AvgIpc) is 2.65. The maximum atomic E-state index is 10.8. The molecule has 3 atom stereocenters. The van der Waals surface area contributed by atoms with Crippen molar-refractivity contribution in [3.63, 3.8) is 0 Å². The fraction of sp³-hybridized carbons (Fsp3) is 0.733. The Morgan fingerprint density at radius 2 is 2.06 bits per heavy atom. The monoisotopic (exact) mass is 234 g/mol. The third kappa shape index (κ3) is 1.28. The van der Waals surface area contributed by atoms with Gasteiger partial charge in [-0.1, -0.05) is 18.1 Å². The topological polar surface area (TPSA) is 29.5 Å². The van der Waals surface area contributed by atoms with E-state index in [-0.39, 0.29) is 5.60 Å². The standard InChI is InChI=1S/C15H22O2/c1-9(2)13-8-14-11(4)5-6-12(14)10(3)7-15(13,16)17-14/h11,16H,5-8H2,1-4H3. The van der Waals surface area contributed by atoms with E-state index in [0.29, 0.717) is 12.3 Å². The van der Waals surface area contributed by atoms with Gasteiger partial charge in [-0.2, -0.15) is 0 Å². The Kier molecular flexibility index (Phi) is 2.19. The second-order valence-electron chi connectivity index (χ2n) is 6.31. The van der Waals surface area contributed by atoms with Gasteiger partial charge in [0.2, 0.25) is 0 Å². The minimum Gasteiger partial charge on any atom is -0.362 e. The Bertz CT molecular complexity index is 442. The Morgan fingerprint density at radius 3 is 2.71 bits per heavy atom. The zero-order valence-electron chi connectivity index (χ0n) is 11.3. The van der Waals surface area contributed by atoms with Gasteiger partial charge in [-0.05, 0) is 50.7 Å². The molecule has 3 aliphatic rings. The summed E-state index contributed by atoms with van der Waals surface area (Å²) >= 11 is 0.